The Hall–Kier alpha value is -0.160. The van der Waals surface area contributed by atoms with Gasteiger partial charge in [0.2, 0.25) is 0 Å². The van der Waals surface area contributed by atoms with E-state index in [0.29, 0.717) is 21.9 Å². The molecule has 0 radical (unpaired) electrons. The van der Waals surface area contributed by atoms with Crippen molar-refractivity contribution in [2.75, 3.05) is 0 Å². The number of hydrogen-bond donors (Lipinski definition) is 2. The Morgan fingerprint density at radius 3 is 2.71 bits per heavy atom. The van der Waals surface area contributed by atoms with E-state index >= 15 is 0 Å². The largest absolute Gasteiger partial charge is 0.271 e. The van der Waals surface area contributed by atoms with Gasteiger partial charge in [0.05, 0.1) is 11.1 Å². The van der Waals surface area contributed by atoms with Gasteiger partial charge in [-0.05, 0) is 46.7 Å². The molecule has 0 aliphatic heterocycles. The van der Waals surface area contributed by atoms with Gasteiger partial charge >= 0.3 is 0 Å². The average Bonchev–Trinajstić information content (AvgIpc) is 3.13. The fourth-order valence-electron chi connectivity index (χ4n) is 2.20. The summed E-state index contributed by atoms with van der Waals surface area (Å²) in [7, 11) is 0. The second-order valence-electron chi connectivity index (χ2n) is 4.61. The predicted octanol–water partition coefficient (Wildman–Crippen LogP) is 3.79. The van der Waals surface area contributed by atoms with E-state index in [9.17, 15) is 4.39 Å². The molecule has 1 aliphatic rings. The minimum Gasteiger partial charge on any atom is -0.271 e. The van der Waals surface area contributed by atoms with Crippen molar-refractivity contribution in [3.05, 3.63) is 33.0 Å². The summed E-state index contributed by atoms with van der Waals surface area (Å²) in [6.45, 7) is 2.09. The van der Waals surface area contributed by atoms with Crippen LogP contribution in [0.5, 0.6) is 0 Å². The van der Waals surface area contributed by atoms with Gasteiger partial charge in [0.1, 0.15) is 5.82 Å². The third-order valence-corrected chi connectivity index (χ3v) is 4.73. The molecule has 94 valence electrons. The first-order chi connectivity index (χ1) is 8.06. The highest BCUT2D eigenvalue weighted by atomic mass is 79.9. The SMILES string of the molecule is CC(C1CC1)C(NN)c1ccc(Br)c(Cl)c1F. The summed E-state index contributed by atoms with van der Waals surface area (Å²) in [6.07, 6.45) is 2.40. The normalized spacial score (nSPS) is 19.1. The van der Waals surface area contributed by atoms with Crippen molar-refractivity contribution in [2.24, 2.45) is 17.7 Å². The first-order valence-corrected chi connectivity index (χ1v) is 6.83. The lowest BCUT2D eigenvalue weighted by Crippen LogP contribution is -2.34. The van der Waals surface area contributed by atoms with E-state index in [1.54, 1.807) is 12.1 Å². The summed E-state index contributed by atoms with van der Waals surface area (Å²) in [6, 6.07) is 3.30. The third-order valence-electron chi connectivity index (χ3n) is 3.47. The molecule has 0 heterocycles. The van der Waals surface area contributed by atoms with Crippen LogP contribution in [0.1, 0.15) is 31.4 Å². The first kappa shape index (κ1) is 13.3. The lowest BCUT2D eigenvalue weighted by molar-refractivity contribution is 0.344. The molecule has 2 unspecified atom stereocenters. The highest BCUT2D eigenvalue weighted by molar-refractivity contribution is 9.10. The molecule has 2 atom stereocenters. The van der Waals surface area contributed by atoms with Gasteiger partial charge in [-0.2, -0.15) is 0 Å². The Labute approximate surface area is 114 Å². The van der Waals surface area contributed by atoms with Crippen LogP contribution >= 0.6 is 27.5 Å². The average molecular weight is 322 g/mol. The van der Waals surface area contributed by atoms with E-state index in [1.807, 2.05) is 0 Å². The van der Waals surface area contributed by atoms with Crippen molar-refractivity contribution in [1.29, 1.82) is 0 Å². The zero-order chi connectivity index (χ0) is 12.6. The Kier molecular flexibility index (Phi) is 4.08. The van der Waals surface area contributed by atoms with E-state index in [-0.39, 0.29) is 11.1 Å². The minimum atomic E-state index is -0.392. The Balaban J connectivity index is 2.33. The van der Waals surface area contributed by atoms with Crippen LogP contribution in [0.15, 0.2) is 16.6 Å². The molecule has 1 aromatic carbocycles. The second kappa shape index (κ2) is 5.22. The van der Waals surface area contributed by atoms with Crippen LogP contribution in [0.3, 0.4) is 0 Å². The van der Waals surface area contributed by atoms with Gasteiger partial charge in [-0.3, -0.25) is 11.3 Å². The molecule has 1 aromatic rings. The molecule has 1 aliphatic carbocycles. The van der Waals surface area contributed by atoms with Gasteiger partial charge in [-0.15, -0.1) is 0 Å². The second-order valence-corrected chi connectivity index (χ2v) is 5.84. The summed E-state index contributed by atoms with van der Waals surface area (Å²) >= 11 is 9.10. The first-order valence-electron chi connectivity index (χ1n) is 5.65. The summed E-state index contributed by atoms with van der Waals surface area (Å²) in [5.74, 6) is 6.11. The molecule has 3 N–H and O–H groups in total. The molecule has 2 nitrogen and oxygen atoms in total. The molecule has 2 rings (SSSR count). The van der Waals surface area contributed by atoms with Crippen molar-refractivity contribution < 1.29 is 4.39 Å². The molecule has 0 aromatic heterocycles. The Morgan fingerprint density at radius 1 is 1.53 bits per heavy atom. The number of hydrogen-bond acceptors (Lipinski definition) is 2. The van der Waals surface area contributed by atoms with Gasteiger partial charge in [-0.25, -0.2) is 4.39 Å². The van der Waals surface area contributed by atoms with Gasteiger partial charge in [-0.1, -0.05) is 24.6 Å². The maximum Gasteiger partial charge on any atom is 0.147 e. The predicted molar refractivity (Wildman–Crippen MR) is 71.1 cm³/mol. The molecule has 0 spiro atoms. The Bertz CT molecular complexity index is 423. The van der Waals surface area contributed by atoms with Crippen LogP contribution in [0.25, 0.3) is 0 Å². The number of benzene rings is 1. The van der Waals surface area contributed by atoms with Gasteiger partial charge in [0.15, 0.2) is 0 Å². The quantitative estimate of drug-likeness (QED) is 0.503. The lowest BCUT2D eigenvalue weighted by atomic mass is 9.91. The van der Waals surface area contributed by atoms with Gasteiger partial charge < -0.3 is 0 Å². The van der Waals surface area contributed by atoms with Crippen LogP contribution < -0.4 is 11.3 Å². The number of halogens is 3. The molecule has 0 saturated heterocycles. The number of rotatable bonds is 4. The van der Waals surface area contributed by atoms with Crippen molar-refractivity contribution >= 4 is 27.5 Å². The van der Waals surface area contributed by atoms with E-state index in [1.165, 1.54) is 12.8 Å². The van der Waals surface area contributed by atoms with Crippen molar-refractivity contribution in [1.82, 2.24) is 5.43 Å². The smallest absolute Gasteiger partial charge is 0.147 e. The number of nitrogens with one attached hydrogen (secondary N) is 1. The van der Waals surface area contributed by atoms with E-state index in [4.69, 9.17) is 17.4 Å². The fraction of sp³-hybridized carbons (Fsp3) is 0.500. The van der Waals surface area contributed by atoms with Gasteiger partial charge in [0, 0.05) is 10.0 Å². The molecule has 5 heteroatoms. The summed E-state index contributed by atoms with van der Waals surface area (Å²) in [5.41, 5.74) is 3.25. The maximum absolute atomic E-state index is 14.1. The number of nitrogens with two attached hydrogens (primary N) is 1. The van der Waals surface area contributed by atoms with Crippen molar-refractivity contribution in [3.8, 4) is 0 Å². The van der Waals surface area contributed by atoms with E-state index in [0.717, 1.165) is 0 Å². The highest BCUT2D eigenvalue weighted by Crippen LogP contribution is 2.43. The zero-order valence-corrected chi connectivity index (χ0v) is 11.9. The topological polar surface area (TPSA) is 38.0 Å². The summed E-state index contributed by atoms with van der Waals surface area (Å²) in [4.78, 5) is 0. The molecular weight excluding hydrogens is 307 g/mol. The van der Waals surface area contributed by atoms with Gasteiger partial charge in [0.25, 0.3) is 0 Å². The standard InChI is InChI=1S/C12H15BrClFN2/c1-6(7-2-3-7)12(17-16)8-4-5-9(13)10(14)11(8)15/h4-7,12,17H,2-3,16H2,1H3. The van der Waals surface area contributed by atoms with Crippen LogP contribution in [-0.2, 0) is 0 Å². The summed E-state index contributed by atoms with van der Waals surface area (Å²) in [5, 5.41) is 0.116. The van der Waals surface area contributed by atoms with Crippen LogP contribution in [0, 0.1) is 17.7 Å². The van der Waals surface area contributed by atoms with E-state index in [2.05, 4.69) is 28.3 Å². The molecule has 0 amide bonds. The molecule has 1 saturated carbocycles. The number of hydrazine groups is 1. The third kappa shape index (κ3) is 2.65. The molecular formula is C12H15BrClFN2. The van der Waals surface area contributed by atoms with E-state index < -0.39 is 5.82 Å². The summed E-state index contributed by atoms with van der Waals surface area (Å²) < 4.78 is 14.7. The maximum atomic E-state index is 14.1. The molecule has 17 heavy (non-hydrogen) atoms. The van der Waals surface area contributed by atoms with Crippen LogP contribution in [-0.4, -0.2) is 0 Å². The fourth-order valence-corrected chi connectivity index (χ4v) is 2.68. The molecule has 1 fully saturated rings. The highest BCUT2D eigenvalue weighted by Gasteiger charge is 2.35. The lowest BCUT2D eigenvalue weighted by Gasteiger charge is -2.24. The zero-order valence-electron chi connectivity index (χ0n) is 9.51. The minimum absolute atomic E-state index is 0.116. The van der Waals surface area contributed by atoms with Crippen molar-refractivity contribution in [2.45, 2.75) is 25.8 Å². The monoisotopic (exact) mass is 320 g/mol. The molecule has 0 bridgehead atoms. The van der Waals surface area contributed by atoms with Crippen LogP contribution in [0.2, 0.25) is 5.02 Å². The Morgan fingerprint density at radius 2 is 2.18 bits per heavy atom. The van der Waals surface area contributed by atoms with Crippen molar-refractivity contribution in [3.63, 3.8) is 0 Å². The van der Waals surface area contributed by atoms with Crippen LogP contribution in [0.4, 0.5) is 4.39 Å².